The molecule has 0 amide bonds. The summed E-state index contributed by atoms with van der Waals surface area (Å²) in [6.45, 7) is 4.68. The fourth-order valence-corrected chi connectivity index (χ4v) is 2.77. The predicted molar refractivity (Wildman–Crippen MR) is 84.9 cm³/mol. The van der Waals surface area contributed by atoms with E-state index in [1.807, 2.05) is 35.4 Å². The number of nitrogens with zero attached hydrogens (tertiary/aromatic N) is 1. The van der Waals surface area contributed by atoms with Gasteiger partial charge in [-0.1, -0.05) is 44.4 Å². The third-order valence-corrected chi connectivity index (χ3v) is 3.96. The number of rotatable bonds is 8. The molecule has 1 saturated heterocycles. The number of hydrogen-bond donors (Lipinski definition) is 0. The van der Waals surface area contributed by atoms with E-state index in [2.05, 4.69) is 6.92 Å². The highest BCUT2D eigenvalue weighted by Gasteiger charge is 2.29. The highest BCUT2D eigenvalue weighted by atomic mass is 16.7. The molecule has 2 rings (SSSR count). The maximum absolute atomic E-state index is 12.4. The number of ketones is 1. The summed E-state index contributed by atoms with van der Waals surface area (Å²) in [6.07, 6.45) is 7.94. The van der Waals surface area contributed by atoms with Gasteiger partial charge in [0.1, 0.15) is 11.8 Å². The van der Waals surface area contributed by atoms with Crippen LogP contribution in [0, 0.1) is 6.92 Å². The van der Waals surface area contributed by atoms with Gasteiger partial charge in [-0.2, -0.15) is 0 Å². The van der Waals surface area contributed by atoms with E-state index in [1.54, 1.807) is 0 Å². The Kier molecular flexibility index (Phi) is 6.74. The topological polar surface area (TPSA) is 29.5 Å². The predicted octanol–water partition coefficient (Wildman–Crippen LogP) is 4.19. The Hall–Kier alpha value is -1.35. The number of unbranched alkanes of at least 4 members (excludes halogenated alkanes) is 3. The van der Waals surface area contributed by atoms with Gasteiger partial charge in [0.15, 0.2) is 5.78 Å². The SMILES string of the molecule is [CH2]CCCCCC(=O)C1CCCCN1Oc1ccccc1. The van der Waals surface area contributed by atoms with E-state index in [-0.39, 0.29) is 6.04 Å². The average molecular weight is 288 g/mol. The van der Waals surface area contributed by atoms with Crippen LogP contribution in [0.2, 0.25) is 0 Å². The number of hydrogen-bond acceptors (Lipinski definition) is 3. The van der Waals surface area contributed by atoms with Crippen LogP contribution in [0.15, 0.2) is 30.3 Å². The molecule has 1 radical (unpaired) electrons. The third-order valence-electron chi connectivity index (χ3n) is 3.96. The van der Waals surface area contributed by atoms with Gasteiger partial charge < -0.3 is 4.84 Å². The first kappa shape index (κ1) is 16.0. The molecule has 21 heavy (non-hydrogen) atoms. The van der Waals surface area contributed by atoms with Gasteiger partial charge >= 0.3 is 0 Å². The lowest BCUT2D eigenvalue weighted by Crippen LogP contribution is -2.46. The summed E-state index contributed by atoms with van der Waals surface area (Å²) in [5, 5.41) is 1.89. The van der Waals surface area contributed by atoms with Crippen molar-refractivity contribution < 1.29 is 9.63 Å². The van der Waals surface area contributed by atoms with Crippen molar-refractivity contribution in [1.29, 1.82) is 0 Å². The van der Waals surface area contributed by atoms with E-state index < -0.39 is 0 Å². The average Bonchev–Trinajstić information content (AvgIpc) is 2.53. The molecule has 115 valence electrons. The van der Waals surface area contributed by atoms with E-state index in [1.165, 1.54) is 0 Å². The minimum absolute atomic E-state index is 0.0706. The molecule has 1 fully saturated rings. The molecule has 3 nitrogen and oxygen atoms in total. The van der Waals surface area contributed by atoms with Crippen LogP contribution in [0.3, 0.4) is 0 Å². The molecule has 1 aromatic rings. The fraction of sp³-hybridized carbons (Fsp3) is 0.556. The van der Waals surface area contributed by atoms with Crippen LogP contribution >= 0.6 is 0 Å². The van der Waals surface area contributed by atoms with Gasteiger partial charge in [0, 0.05) is 13.0 Å². The van der Waals surface area contributed by atoms with E-state index in [9.17, 15) is 4.79 Å². The summed E-state index contributed by atoms with van der Waals surface area (Å²) in [5.74, 6) is 1.14. The number of para-hydroxylation sites is 1. The summed E-state index contributed by atoms with van der Waals surface area (Å²) in [6, 6.07) is 9.67. The Morgan fingerprint density at radius 1 is 1.19 bits per heavy atom. The molecule has 1 aliphatic rings. The first-order valence-corrected chi connectivity index (χ1v) is 8.13. The molecule has 0 aliphatic carbocycles. The number of carbonyl (C=O) groups is 1. The van der Waals surface area contributed by atoms with Gasteiger partial charge in [0.2, 0.25) is 0 Å². The Labute approximate surface area is 128 Å². The molecule has 0 saturated carbocycles. The van der Waals surface area contributed by atoms with Crippen molar-refractivity contribution in [3.63, 3.8) is 0 Å². The molecule has 1 aliphatic heterocycles. The van der Waals surface area contributed by atoms with Crippen molar-refractivity contribution in [2.75, 3.05) is 6.54 Å². The minimum Gasteiger partial charge on any atom is -0.405 e. The van der Waals surface area contributed by atoms with Crippen molar-refractivity contribution in [3.05, 3.63) is 37.3 Å². The molecular weight excluding hydrogens is 262 g/mol. The highest BCUT2D eigenvalue weighted by molar-refractivity contribution is 5.83. The van der Waals surface area contributed by atoms with Crippen LogP contribution in [-0.4, -0.2) is 23.4 Å². The van der Waals surface area contributed by atoms with E-state index >= 15 is 0 Å². The largest absolute Gasteiger partial charge is 0.405 e. The lowest BCUT2D eigenvalue weighted by molar-refractivity contribution is -0.148. The minimum atomic E-state index is -0.0706. The molecule has 1 atom stereocenters. The second kappa shape index (κ2) is 8.83. The monoisotopic (exact) mass is 288 g/mol. The van der Waals surface area contributed by atoms with Crippen molar-refractivity contribution >= 4 is 5.78 Å². The van der Waals surface area contributed by atoms with Gasteiger partial charge in [-0.05, 0) is 37.8 Å². The van der Waals surface area contributed by atoms with Crippen LogP contribution in [0.5, 0.6) is 5.75 Å². The van der Waals surface area contributed by atoms with Gasteiger partial charge in [-0.3, -0.25) is 4.79 Å². The summed E-state index contributed by atoms with van der Waals surface area (Å²) in [4.78, 5) is 18.3. The zero-order valence-electron chi connectivity index (χ0n) is 12.8. The van der Waals surface area contributed by atoms with Crippen LogP contribution in [0.25, 0.3) is 0 Å². The number of piperidine rings is 1. The van der Waals surface area contributed by atoms with Gasteiger partial charge in [0.25, 0.3) is 0 Å². The maximum Gasteiger partial charge on any atom is 0.153 e. The van der Waals surface area contributed by atoms with Gasteiger partial charge in [-0.25, -0.2) is 0 Å². The molecule has 1 heterocycles. The van der Waals surface area contributed by atoms with Gasteiger partial charge in [0.05, 0.1) is 0 Å². The lowest BCUT2D eigenvalue weighted by Gasteiger charge is -2.33. The standard InChI is InChI=1S/C18H26NO2/c1-2-3-4-8-14-18(20)17-13-9-10-15-19(17)21-16-11-6-5-7-12-16/h5-7,11-12,17H,1-4,8-10,13-15H2. The smallest absolute Gasteiger partial charge is 0.153 e. The number of benzene rings is 1. The van der Waals surface area contributed by atoms with Gasteiger partial charge in [-0.15, -0.1) is 5.06 Å². The van der Waals surface area contributed by atoms with Crippen LogP contribution in [0.1, 0.15) is 51.4 Å². The molecule has 1 aromatic carbocycles. The Balaban J connectivity index is 1.87. The molecular formula is C18H26NO2. The van der Waals surface area contributed by atoms with Crippen molar-refractivity contribution in [3.8, 4) is 5.75 Å². The Morgan fingerprint density at radius 2 is 2.00 bits per heavy atom. The number of carbonyl (C=O) groups excluding carboxylic acids is 1. The van der Waals surface area contributed by atoms with Crippen LogP contribution in [0.4, 0.5) is 0 Å². The third kappa shape index (κ3) is 5.16. The molecule has 0 aromatic heterocycles. The van der Waals surface area contributed by atoms with Crippen molar-refractivity contribution in [2.45, 2.75) is 57.4 Å². The molecule has 0 spiro atoms. The summed E-state index contributed by atoms with van der Waals surface area (Å²) < 4.78 is 0. The maximum atomic E-state index is 12.4. The zero-order valence-corrected chi connectivity index (χ0v) is 12.8. The number of hydroxylamine groups is 2. The molecule has 0 bridgehead atoms. The quantitative estimate of drug-likeness (QED) is 0.672. The van der Waals surface area contributed by atoms with E-state index in [0.717, 1.165) is 57.2 Å². The molecule has 0 N–H and O–H groups in total. The number of Topliss-reactive ketones (excluding diaryl/α,β-unsaturated/α-hetero) is 1. The summed E-state index contributed by atoms with van der Waals surface area (Å²) >= 11 is 0. The zero-order chi connectivity index (χ0) is 14.9. The second-order valence-electron chi connectivity index (χ2n) is 5.69. The van der Waals surface area contributed by atoms with E-state index in [4.69, 9.17) is 4.84 Å². The Bertz CT molecular complexity index is 418. The fourth-order valence-electron chi connectivity index (χ4n) is 2.77. The summed E-state index contributed by atoms with van der Waals surface area (Å²) in [5.41, 5.74) is 0. The van der Waals surface area contributed by atoms with Crippen molar-refractivity contribution in [2.24, 2.45) is 0 Å². The first-order valence-electron chi connectivity index (χ1n) is 8.13. The van der Waals surface area contributed by atoms with E-state index in [0.29, 0.717) is 12.2 Å². The second-order valence-corrected chi connectivity index (χ2v) is 5.69. The first-order chi connectivity index (χ1) is 10.3. The Morgan fingerprint density at radius 3 is 2.76 bits per heavy atom. The normalized spacial score (nSPS) is 19.4. The van der Waals surface area contributed by atoms with Crippen LogP contribution < -0.4 is 4.84 Å². The highest BCUT2D eigenvalue weighted by Crippen LogP contribution is 2.22. The molecule has 1 unspecified atom stereocenters. The molecule has 3 heteroatoms. The van der Waals surface area contributed by atoms with Crippen molar-refractivity contribution in [1.82, 2.24) is 5.06 Å². The van der Waals surface area contributed by atoms with Crippen LogP contribution in [-0.2, 0) is 4.79 Å². The lowest BCUT2D eigenvalue weighted by atomic mass is 9.97. The summed E-state index contributed by atoms with van der Waals surface area (Å²) in [7, 11) is 0.